The van der Waals surface area contributed by atoms with E-state index in [9.17, 15) is 9.59 Å². The van der Waals surface area contributed by atoms with Gasteiger partial charge >= 0.3 is 0 Å². The lowest BCUT2D eigenvalue weighted by Gasteiger charge is -2.35. The number of carbonyl (C=O) groups excluding carboxylic acids is 2. The number of hydrogen-bond donors (Lipinski definition) is 1. The molecule has 0 heterocycles. The highest BCUT2D eigenvalue weighted by molar-refractivity contribution is 5.99. The van der Waals surface area contributed by atoms with Crippen molar-refractivity contribution in [3.05, 3.63) is 70.3 Å². The van der Waals surface area contributed by atoms with Gasteiger partial charge in [0.15, 0.2) is 0 Å². The third-order valence-electron chi connectivity index (χ3n) is 3.84. The Bertz CT molecular complexity index is 1030. The summed E-state index contributed by atoms with van der Waals surface area (Å²) in [5, 5.41) is -0.0235. The number of nitrogens with one attached hydrogen (secondary N) is 1. The van der Waals surface area contributed by atoms with Crippen molar-refractivity contribution in [1.29, 1.82) is 0 Å². The number of hydrazine groups is 1. The molecule has 0 saturated heterocycles. The van der Waals surface area contributed by atoms with Gasteiger partial charge in [0.2, 0.25) is 0 Å². The zero-order valence-corrected chi connectivity index (χ0v) is 15.0. The van der Waals surface area contributed by atoms with Gasteiger partial charge in [0.25, 0.3) is 11.8 Å². The molecule has 0 bridgehead atoms. The summed E-state index contributed by atoms with van der Waals surface area (Å²) in [6.07, 6.45) is 0.680. The minimum atomic E-state index is -3.75. The minimum absolute atomic E-state index is 0.0176. The van der Waals surface area contributed by atoms with Crippen LogP contribution in [0, 0.1) is 13.8 Å². The Kier molecular flexibility index (Phi) is 3.12. The standard InChI is InChI=1S/C22H28N2O2/c1-7-17-8-10-18(11-9-17)20(25)23-24(22(4,5)6)21(26)19-13-15(2)12-16(3)14-19/h8-14H,7H2,1-6H3,(H,23,25)/i4D3,5D3,6D3. The molecule has 2 aromatic rings. The van der Waals surface area contributed by atoms with Crippen LogP contribution < -0.4 is 5.43 Å². The van der Waals surface area contributed by atoms with E-state index in [0.29, 0.717) is 17.5 Å². The molecule has 0 aliphatic rings. The Labute approximate surface area is 168 Å². The Balaban J connectivity index is 2.82. The van der Waals surface area contributed by atoms with E-state index in [1.54, 1.807) is 32.0 Å². The van der Waals surface area contributed by atoms with Crippen LogP contribution in [-0.4, -0.2) is 22.4 Å². The second kappa shape index (κ2) is 7.73. The van der Waals surface area contributed by atoms with Gasteiger partial charge < -0.3 is 0 Å². The third kappa shape index (κ3) is 4.72. The molecule has 2 rings (SSSR count). The Morgan fingerprint density at radius 1 is 1.00 bits per heavy atom. The van der Waals surface area contributed by atoms with Crippen molar-refractivity contribution in [1.82, 2.24) is 10.4 Å². The summed E-state index contributed by atoms with van der Waals surface area (Å²) in [6.45, 7) is -6.04. The number of rotatable bonds is 3. The average Bonchev–Trinajstić information content (AvgIpc) is 2.69. The molecule has 0 radical (unpaired) electrons. The monoisotopic (exact) mass is 361 g/mol. The molecule has 0 saturated carbocycles. The largest absolute Gasteiger partial charge is 0.272 e. The second-order valence-corrected chi connectivity index (χ2v) is 6.22. The number of hydrogen-bond acceptors (Lipinski definition) is 2. The minimum Gasteiger partial charge on any atom is -0.267 e. The summed E-state index contributed by atoms with van der Waals surface area (Å²) in [7, 11) is 0. The normalized spacial score (nSPS) is 17.7. The van der Waals surface area contributed by atoms with Crippen molar-refractivity contribution in [2.24, 2.45) is 0 Å². The van der Waals surface area contributed by atoms with Gasteiger partial charge in [-0.3, -0.25) is 15.0 Å². The first kappa shape index (κ1) is 10.5. The summed E-state index contributed by atoms with van der Waals surface area (Å²) in [5.41, 5.74) is 0.176. The van der Waals surface area contributed by atoms with Gasteiger partial charge in [0.05, 0.1) is 5.54 Å². The fourth-order valence-corrected chi connectivity index (χ4v) is 2.57. The first-order chi connectivity index (χ1) is 15.9. The van der Waals surface area contributed by atoms with Gasteiger partial charge in [-0.2, -0.15) is 0 Å². The highest BCUT2D eigenvalue weighted by atomic mass is 16.2. The van der Waals surface area contributed by atoms with Crippen LogP contribution in [0.4, 0.5) is 0 Å². The lowest BCUT2D eigenvalue weighted by molar-refractivity contribution is 0.0358. The van der Waals surface area contributed by atoms with Crippen molar-refractivity contribution in [3.8, 4) is 0 Å². The summed E-state index contributed by atoms with van der Waals surface area (Å²) in [4.78, 5) is 26.8. The summed E-state index contributed by atoms with van der Waals surface area (Å²) >= 11 is 0. The van der Waals surface area contributed by atoms with Crippen LogP contribution in [0.1, 0.15) is 77.2 Å². The summed E-state index contributed by atoms with van der Waals surface area (Å²) < 4.78 is 71.9. The lowest BCUT2D eigenvalue weighted by Crippen LogP contribution is -2.55. The fraction of sp³-hybridized carbons (Fsp3) is 0.364. The number of nitrogens with zero attached hydrogens (tertiary/aromatic N) is 1. The molecule has 4 nitrogen and oxygen atoms in total. The van der Waals surface area contributed by atoms with Gasteiger partial charge in [-0.05, 0) is 70.7 Å². The maximum Gasteiger partial charge on any atom is 0.272 e. The Morgan fingerprint density at radius 2 is 1.58 bits per heavy atom. The van der Waals surface area contributed by atoms with Crippen LogP contribution in [0.2, 0.25) is 0 Å². The van der Waals surface area contributed by atoms with Crippen molar-refractivity contribution in [2.75, 3.05) is 0 Å². The molecular weight excluding hydrogens is 324 g/mol. The molecule has 0 aliphatic carbocycles. The third-order valence-corrected chi connectivity index (χ3v) is 3.84. The zero-order chi connectivity index (χ0) is 27.0. The summed E-state index contributed by atoms with van der Waals surface area (Å²) in [5.74, 6) is -2.31. The fourth-order valence-electron chi connectivity index (χ4n) is 2.57. The lowest BCUT2D eigenvalue weighted by atomic mass is 10.0. The van der Waals surface area contributed by atoms with E-state index in [1.807, 2.05) is 12.3 Å². The quantitative estimate of drug-likeness (QED) is 0.821. The molecular formula is C22H28N2O2. The van der Waals surface area contributed by atoms with Crippen LogP contribution in [0.25, 0.3) is 0 Å². The summed E-state index contributed by atoms with van der Waals surface area (Å²) in [6, 6.07) is 10.5. The van der Waals surface area contributed by atoms with Crippen LogP contribution in [0.3, 0.4) is 0 Å². The predicted molar refractivity (Wildman–Crippen MR) is 105 cm³/mol. The first-order valence-electron chi connectivity index (χ1n) is 12.7. The number of aryl methyl sites for hydroxylation is 3. The number of amides is 2. The second-order valence-electron chi connectivity index (χ2n) is 6.22. The van der Waals surface area contributed by atoms with E-state index < -0.39 is 37.9 Å². The van der Waals surface area contributed by atoms with E-state index in [4.69, 9.17) is 12.3 Å². The van der Waals surface area contributed by atoms with Crippen LogP contribution in [-0.2, 0) is 6.42 Å². The molecule has 26 heavy (non-hydrogen) atoms. The first-order valence-corrected chi connectivity index (χ1v) is 8.19. The van der Waals surface area contributed by atoms with Crippen molar-refractivity contribution < 1.29 is 21.9 Å². The predicted octanol–water partition coefficient (Wildman–Crippen LogP) is 4.45. The molecule has 1 N–H and O–H groups in total. The van der Waals surface area contributed by atoms with Crippen LogP contribution >= 0.6 is 0 Å². The van der Waals surface area contributed by atoms with E-state index >= 15 is 0 Å². The Morgan fingerprint density at radius 3 is 2.08 bits per heavy atom. The maximum atomic E-state index is 13.7. The van der Waals surface area contributed by atoms with Crippen molar-refractivity contribution in [2.45, 2.75) is 53.3 Å². The molecule has 138 valence electrons. The van der Waals surface area contributed by atoms with Gasteiger partial charge in [-0.25, -0.2) is 5.01 Å². The SMILES string of the molecule is [2H]C([2H])([2H])C(N(NC(=O)c1ccc(CC)cc1)C(=O)c1cc(C)cc(C)c1)(C([2H])([2H])[2H])C([2H])([2H])[2H]. The molecule has 0 aliphatic heterocycles. The Hall–Kier alpha value is -2.62. The number of benzene rings is 2. The van der Waals surface area contributed by atoms with Crippen LogP contribution in [0.15, 0.2) is 42.5 Å². The smallest absolute Gasteiger partial charge is 0.267 e. The van der Waals surface area contributed by atoms with E-state index in [2.05, 4.69) is 0 Å². The van der Waals surface area contributed by atoms with Crippen molar-refractivity contribution >= 4 is 11.8 Å². The zero-order valence-electron chi connectivity index (χ0n) is 24.0. The molecule has 0 aromatic heterocycles. The van der Waals surface area contributed by atoms with Gasteiger partial charge in [0, 0.05) is 23.5 Å². The topological polar surface area (TPSA) is 49.4 Å². The number of carbonyl (C=O) groups is 2. The van der Waals surface area contributed by atoms with E-state index in [1.165, 1.54) is 24.3 Å². The molecule has 0 unspecified atom stereocenters. The van der Waals surface area contributed by atoms with Gasteiger partial charge in [-0.1, -0.05) is 36.2 Å². The highest BCUT2D eigenvalue weighted by Crippen LogP contribution is 2.18. The molecule has 0 atom stereocenters. The van der Waals surface area contributed by atoms with E-state index in [0.717, 1.165) is 5.56 Å². The van der Waals surface area contributed by atoms with Crippen molar-refractivity contribution in [3.63, 3.8) is 0 Å². The van der Waals surface area contributed by atoms with Crippen LogP contribution in [0.5, 0.6) is 0 Å². The average molecular weight is 362 g/mol. The molecule has 0 spiro atoms. The van der Waals surface area contributed by atoms with Gasteiger partial charge in [0.1, 0.15) is 0 Å². The van der Waals surface area contributed by atoms with E-state index in [-0.39, 0.29) is 16.1 Å². The molecule has 4 heteroatoms. The van der Waals surface area contributed by atoms with Gasteiger partial charge in [-0.15, -0.1) is 0 Å². The maximum absolute atomic E-state index is 13.7. The highest BCUT2D eigenvalue weighted by Gasteiger charge is 2.29. The molecule has 2 amide bonds. The molecule has 0 fully saturated rings. The molecule has 2 aromatic carbocycles.